The van der Waals surface area contributed by atoms with Crippen LogP contribution in [0.4, 0.5) is 0 Å². The average Bonchev–Trinajstić information content (AvgIpc) is 2.75. The lowest BCUT2D eigenvalue weighted by Crippen LogP contribution is -2.38. The zero-order valence-electron chi connectivity index (χ0n) is 11.1. The van der Waals surface area contributed by atoms with Gasteiger partial charge in [-0.2, -0.15) is 0 Å². The highest BCUT2D eigenvalue weighted by molar-refractivity contribution is 7.16. The van der Waals surface area contributed by atoms with Gasteiger partial charge in [0.25, 0.3) is 0 Å². The van der Waals surface area contributed by atoms with Crippen molar-refractivity contribution in [3.63, 3.8) is 0 Å². The summed E-state index contributed by atoms with van der Waals surface area (Å²) in [6.45, 7) is 6.92. The van der Waals surface area contributed by atoms with Crippen LogP contribution in [0.1, 0.15) is 31.6 Å². The number of thiophene rings is 1. The highest BCUT2D eigenvalue weighted by atomic mass is 35.5. The molecule has 18 heavy (non-hydrogen) atoms. The Labute approximate surface area is 119 Å². The molecule has 1 heterocycles. The van der Waals surface area contributed by atoms with Crippen molar-refractivity contribution >= 4 is 28.9 Å². The summed E-state index contributed by atoms with van der Waals surface area (Å²) >= 11 is 7.54. The van der Waals surface area contributed by atoms with E-state index in [-0.39, 0.29) is 0 Å². The molecule has 0 saturated carbocycles. The number of aliphatic imine (C=N–C) groups is 1. The van der Waals surface area contributed by atoms with Crippen molar-refractivity contribution in [3.05, 3.63) is 21.3 Å². The molecule has 0 aliphatic rings. The number of rotatable bonds is 7. The first kappa shape index (κ1) is 15.3. The van der Waals surface area contributed by atoms with Crippen molar-refractivity contribution in [1.82, 2.24) is 10.6 Å². The van der Waals surface area contributed by atoms with Gasteiger partial charge in [0.15, 0.2) is 5.96 Å². The lowest BCUT2D eigenvalue weighted by Gasteiger charge is -2.10. The topological polar surface area (TPSA) is 36.4 Å². The van der Waals surface area contributed by atoms with Gasteiger partial charge in [0.1, 0.15) is 0 Å². The Morgan fingerprint density at radius 1 is 1.33 bits per heavy atom. The summed E-state index contributed by atoms with van der Waals surface area (Å²) in [4.78, 5) is 5.81. The molecule has 3 nitrogen and oxygen atoms in total. The third-order valence-electron chi connectivity index (χ3n) is 2.42. The van der Waals surface area contributed by atoms with Crippen LogP contribution in [0, 0.1) is 0 Å². The largest absolute Gasteiger partial charge is 0.357 e. The van der Waals surface area contributed by atoms with Crippen molar-refractivity contribution in [2.75, 3.05) is 19.6 Å². The second-order valence-corrected chi connectivity index (χ2v) is 5.80. The number of nitrogens with zero attached hydrogens (tertiary/aromatic N) is 1. The predicted molar refractivity (Wildman–Crippen MR) is 81.9 cm³/mol. The molecule has 0 atom stereocenters. The van der Waals surface area contributed by atoms with E-state index in [0.29, 0.717) is 0 Å². The van der Waals surface area contributed by atoms with Crippen LogP contribution in [0.15, 0.2) is 17.1 Å². The van der Waals surface area contributed by atoms with Crippen LogP contribution < -0.4 is 10.6 Å². The molecule has 0 aromatic carbocycles. The molecule has 1 rings (SSSR count). The molecule has 0 unspecified atom stereocenters. The number of nitrogens with one attached hydrogen (secondary N) is 2. The van der Waals surface area contributed by atoms with Gasteiger partial charge < -0.3 is 10.6 Å². The third kappa shape index (κ3) is 6.26. The summed E-state index contributed by atoms with van der Waals surface area (Å²) in [6, 6.07) is 4.03. The van der Waals surface area contributed by atoms with Crippen molar-refractivity contribution in [2.45, 2.75) is 33.1 Å². The van der Waals surface area contributed by atoms with Gasteiger partial charge in [-0.1, -0.05) is 24.9 Å². The molecule has 0 fully saturated rings. The lowest BCUT2D eigenvalue weighted by atomic mass is 10.3. The minimum Gasteiger partial charge on any atom is -0.357 e. The van der Waals surface area contributed by atoms with Crippen LogP contribution in [0.2, 0.25) is 4.34 Å². The van der Waals surface area contributed by atoms with Crippen LogP contribution >= 0.6 is 22.9 Å². The van der Waals surface area contributed by atoms with E-state index in [1.54, 1.807) is 11.3 Å². The van der Waals surface area contributed by atoms with Crippen molar-refractivity contribution in [3.8, 4) is 0 Å². The zero-order valence-corrected chi connectivity index (χ0v) is 12.7. The van der Waals surface area contributed by atoms with Crippen LogP contribution in [0.25, 0.3) is 0 Å². The Morgan fingerprint density at radius 3 is 2.78 bits per heavy atom. The number of unbranched alkanes of at least 4 members (excludes halogenated alkanes) is 1. The molecule has 0 aliphatic carbocycles. The number of hydrogen-bond donors (Lipinski definition) is 2. The van der Waals surface area contributed by atoms with E-state index in [4.69, 9.17) is 11.6 Å². The fraction of sp³-hybridized carbons (Fsp3) is 0.615. The van der Waals surface area contributed by atoms with Gasteiger partial charge in [-0.3, -0.25) is 4.99 Å². The van der Waals surface area contributed by atoms with Crippen molar-refractivity contribution in [1.29, 1.82) is 0 Å². The number of halogens is 1. The zero-order chi connectivity index (χ0) is 13.2. The molecule has 0 aliphatic heterocycles. The maximum atomic E-state index is 5.90. The van der Waals surface area contributed by atoms with Gasteiger partial charge >= 0.3 is 0 Å². The molecule has 2 N–H and O–H groups in total. The van der Waals surface area contributed by atoms with E-state index < -0.39 is 0 Å². The van der Waals surface area contributed by atoms with E-state index in [0.717, 1.165) is 42.8 Å². The Morgan fingerprint density at radius 2 is 2.17 bits per heavy atom. The fourth-order valence-corrected chi connectivity index (χ4v) is 2.57. The molecule has 0 amide bonds. The van der Waals surface area contributed by atoms with E-state index in [2.05, 4.69) is 35.5 Å². The van der Waals surface area contributed by atoms with Gasteiger partial charge in [0, 0.05) is 24.5 Å². The van der Waals surface area contributed by atoms with Crippen LogP contribution in [0.5, 0.6) is 0 Å². The van der Waals surface area contributed by atoms with Gasteiger partial charge in [0.05, 0.1) is 4.34 Å². The van der Waals surface area contributed by atoms with Gasteiger partial charge in [-0.25, -0.2) is 0 Å². The summed E-state index contributed by atoms with van der Waals surface area (Å²) < 4.78 is 0.855. The van der Waals surface area contributed by atoms with E-state index in [9.17, 15) is 0 Å². The highest BCUT2D eigenvalue weighted by Gasteiger charge is 1.99. The SMILES string of the molecule is CCCCN=C(NCC)NCCc1ccc(Cl)s1. The molecule has 0 bridgehead atoms. The quantitative estimate of drug-likeness (QED) is 0.459. The second kappa shape index (κ2) is 9.22. The summed E-state index contributed by atoms with van der Waals surface area (Å²) in [5.41, 5.74) is 0. The van der Waals surface area contributed by atoms with Crippen LogP contribution in [0.3, 0.4) is 0 Å². The minimum absolute atomic E-state index is 0.855. The first-order chi connectivity index (χ1) is 8.76. The molecule has 0 radical (unpaired) electrons. The average molecular weight is 288 g/mol. The Balaban J connectivity index is 2.30. The van der Waals surface area contributed by atoms with Crippen LogP contribution in [-0.2, 0) is 6.42 Å². The lowest BCUT2D eigenvalue weighted by molar-refractivity contribution is 0.769. The Bertz CT molecular complexity index is 363. The Hall–Kier alpha value is -0.740. The standard InChI is InChI=1S/C13H22ClN3S/c1-3-5-9-16-13(15-4-2)17-10-8-11-6-7-12(14)18-11/h6-7H,3-5,8-10H2,1-2H3,(H2,15,16,17). The summed E-state index contributed by atoms with van der Waals surface area (Å²) in [5, 5.41) is 6.59. The molecule has 1 aromatic rings. The fourth-order valence-electron chi connectivity index (χ4n) is 1.48. The second-order valence-electron chi connectivity index (χ2n) is 4.00. The molecule has 0 saturated heterocycles. The molecular formula is C13H22ClN3S. The van der Waals surface area contributed by atoms with Gasteiger partial charge in [0.2, 0.25) is 0 Å². The number of hydrogen-bond acceptors (Lipinski definition) is 2. The molecule has 0 spiro atoms. The van der Waals surface area contributed by atoms with Crippen LogP contribution in [-0.4, -0.2) is 25.6 Å². The number of guanidine groups is 1. The molecular weight excluding hydrogens is 266 g/mol. The molecule has 102 valence electrons. The Kier molecular flexibility index (Phi) is 7.85. The smallest absolute Gasteiger partial charge is 0.191 e. The van der Waals surface area contributed by atoms with E-state index >= 15 is 0 Å². The highest BCUT2D eigenvalue weighted by Crippen LogP contribution is 2.21. The summed E-state index contributed by atoms with van der Waals surface area (Å²) in [7, 11) is 0. The maximum Gasteiger partial charge on any atom is 0.191 e. The maximum absolute atomic E-state index is 5.90. The predicted octanol–water partition coefficient (Wildman–Crippen LogP) is 3.30. The summed E-state index contributed by atoms with van der Waals surface area (Å²) in [6.07, 6.45) is 3.29. The minimum atomic E-state index is 0.855. The van der Waals surface area contributed by atoms with Crippen molar-refractivity contribution in [2.24, 2.45) is 4.99 Å². The van der Waals surface area contributed by atoms with Gasteiger partial charge in [-0.05, 0) is 31.9 Å². The molecule has 5 heteroatoms. The molecule has 1 aromatic heterocycles. The van der Waals surface area contributed by atoms with E-state index in [1.807, 2.05) is 6.07 Å². The van der Waals surface area contributed by atoms with E-state index in [1.165, 1.54) is 11.3 Å². The summed E-state index contributed by atoms with van der Waals surface area (Å²) in [5.74, 6) is 0.911. The van der Waals surface area contributed by atoms with Gasteiger partial charge in [-0.15, -0.1) is 11.3 Å². The van der Waals surface area contributed by atoms with Crippen molar-refractivity contribution < 1.29 is 0 Å². The third-order valence-corrected chi connectivity index (χ3v) is 3.71. The monoisotopic (exact) mass is 287 g/mol. The first-order valence-electron chi connectivity index (χ1n) is 6.52. The normalized spacial score (nSPS) is 11.6. The first-order valence-corrected chi connectivity index (χ1v) is 7.72.